The van der Waals surface area contributed by atoms with Crippen molar-refractivity contribution >= 4 is 68.1 Å². The van der Waals surface area contributed by atoms with Crippen LogP contribution in [0.3, 0.4) is 0 Å². The van der Waals surface area contributed by atoms with Crippen molar-refractivity contribution in [3.8, 4) is 11.5 Å². The molecule has 0 saturated carbocycles. The number of ketones is 1. The molecular formula is C26H17BrN4O6S. The molecule has 2 aliphatic rings. The Morgan fingerprint density at radius 3 is 2.29 bits per heavy atom. The summed E-state index contributed by atoms with van der Waals surface area (Å²) in [4.78, 5) is 39.0. The smallest absolute Gasteiger partial charge is 0.301 e. The second-order valence-electron chi connectivity index (χ2n) is 8.10. The predicted molar refractivity (Wildman–Crippen MR) is 146 cm³/mol. The van der Waals surface area contributed by atoms with E-state index in [0.29, 0.717) is 21.8 Å². The number of amidine groups is 1. The number of aliphatic hydroxyl groups excluding tert-OH is 1. The lowest BCUT2D eigenvalue weighted by Gasteiger charge is -2.31. The molecule has 4 N–H and O–H groups in total. The lowest BCUT2D eigenvalue weighted by molar-refractivity contribution is -0.132. The molecule has 190 valence electrons. The zero-order valence-electron chi connectivity index (χ0n) is 19.2. The zero-order chi connectivity index (χ0) is 27.0. The Kier molecular flexibility index (Phi) is 6.51. The van der Waals surface area contributed by atoms with E-state index in [4.69, 9.17) is 0 Å². The summed E-state index contributed by atoms with van der Waals surface area (Å²) in [6.07, 6.45) is 1.27. The molecule has 2 aliphatic heterocycles. The lowest BCUT2D eigenvalue weighted by atomic mass is 9.99. The number of amides is 2. The Morgan fingerprint density at radius 1 is 0.947 bits per heavy atom. The van der Waals surface area contributed by atoms with Crippen LogP contribution in [0.15, 0.2) is 93.0 Å². The van der Waals surface area contributed by atoms with Gasteiger partial charge >= 0.3 is 5.91 Å². The van der Waals surface area contributed by atoms with Gasteiger partial charge in [-0.2, -0.15) is 5.10 Å². The molecule has 10 nitrogen and oxygen atoms in total. The average molecular weight is 593 g/mol. The fraction of sp³-hybridized carbons (Fsp3) is 0.0385. The number of hydrogen-bond acceptors (Lipinski definition) is 9. The first-order valence-electron chi connectivity index (χ1n) is 11.0. The maximum absolute atomic E-state index is 13.6. The minimum atomic E-state index is -2.13. The standard InChI is InChI=1S/C26H17BrN4O6S/c27-16-11-9-14(10-12-16)21(34)20-22(35)23(36)31(17-6-2-4-8-19(17)33)26(20)24(37)29-25(38-26)30-28-13-15-5-1-3-7-18(15)32/h1-13,32-34H,(H,29,30,37)/b21-20-,28-13-. The number of rotatable bonds is 4. The molecule has 2 saturated heterocycles. The molecule has 0 radical (unpaired) electrons. The summed E-state index contributed by atoms with van der Waals surface area (Å²) in [6, 6.07) is 18.4. The van der Waals surface area contributed by atoms with E-state index in [9.17, 15) is 29.7 Å². The largest absolute Gasteiger partial charge is 0.507 e. The molecule has 1 atom stereocenters. The number of aromatic hydroxyl groups is 2. The highest BCUT2D eigenvalue weighted by atomic mass is 79.9. The second-order valence-corrected chi connectivity index (χ2v) is 10.2. The number of carbonyl (C=O) groups excluding carboxylic acids is 3. The Balaban J connectivity index is 1.66. The van der Waals surface area contributed by atoms with Crippen LogP contribution in [-0.4, -0.2) is 49.2 Å². The van der Waals surface area contributed by atoms with E-state index < -0.39 is 33.8 Å². The maximum atomic E-state index is 13.6. The molecule has 1 unspecified atom stereocenters. The third kappa shape index (κ3) is 4.13. The molecule has 2 amide bonds. The number of halogens is 1. The van der Waals surface area contributed by atoms with E-state index in [1.807, 2.05) is 0 Å². The molecule has 3 aromatic carbocycles. The van der Waals surface area contributed by atoms with Gasteiger partial charge in [-0.15, -0.1) is 5.10 Å². The van der Waals surface area contributed by atoms with Gasteiger partial charge in [-0.1, -0.05) is 52.3 Å². The molecule has 1 spiro atoms. The Labute approximate surface area is 228 Å². The van der Waals surface area contributed by atoms with Crippen molar-refractivity contribution in [1.29, 1.82) is 0 Å². The quantitative estimate of drug-likeness (QED) is 0.118. The number of nitrogens with zero attached hydrogens (tertiary/aromatic N) is 3. The number of carbonyl (C=O) groups is 3. The summed E-state index contributed by atoms with van der Waals surface area (Å²) >= 11 is 3.98. The third-order valence-electron chi connectivity index (χ3n) is 5.81. The van der Waals surface area contributed by atoms with Crippen LogP contribution >= 0.6 is 27.7 Å². The van der Waals surface area contributed by atoms with Crippen molar-refractivity contribution < 1.29 is 29.7 Å². The first-order valence-corrected chi connectivity index (χ1v) is 12.6. The summed E-state index contributed by atoms with van der Waals surface area (Å²) in [5.41, 5.74) is -0.0212. The van der Waals surface area contributed by atoms with Crippen LogP contribution in [0.2, 0.25) is 0 Å². The van der Waals surface area contributed by atoms with Gasteiger partial charge in [0.15, 0.2) is 5.17 Å². The summed E-state index contributed by atoms with van der Waals surface area (Å²) in [6.45, 7) is 0. The van der Waals surface area contributed by atoms with Crippen molar-refractivity contribution in [2.45, 2.75) is 4.87 Å². The van der Waals surface area contributed by atoms with Crippen molar-refractivity contribution in [1.82, 2.24) is 5.32 Å². The number of para-hydroxylation sites is 3. The van der Waals surface area contributed by atoms with Crippen molar-refractivity contribution in [3.63, 3.8) is 0 Å². The van der Waals surface area contributed by atoms with Crippen molar-refractivity contribution in [2.75, 3.05) is 4.90 Å². The van der Waals surface area contributed by atoms with Crippen LogP contribution < -0.4 is 10.2 Å². The number of anilines is 1. The Morgan fingerprint density at radius 2 is 1.61 bits per heavy atom. The zero-order valence-corrected chi connectivity index (χ0v) is 21.6. The third-order valence-corrected chi connectivity index (χ3v) is 7.58. The summed E-state index contributed by atoms with van der Waals surface area (Å²) in [5.74, 6) is -4.04. The molecule has 3 aromatic rings. The molecular weight excluding hydrogens is 576 g/mol. The van der Waals surface area contributed by atoms with E-state index in [-0.39, 0.29) is 27.9 Å². The molecule has 5 rings (SSSR count). The number of phenols is 2. The molecule has 2 heterocycles. The lowest BCUT2D eigenvalue weighted by Crippen LogP contribution is -2.50. The molecule has 0 aromatic heterocycles. The number of phenolic OH excluding ortho intramolecular Hbond substituents is 2. The molecule has 0 bridgehead atoms. The van der Waals surface area contributed by atoms with Gasteiger partial charge in [-0.3, -0.25) is 19.3 Å². The fourth-order valence-corrected chi connectivity index (χ4v) is 5.54. The van der Waals surface area contributed by atoms with E-state index in [0.717, 1.165) is 4.90 Å². The molecule has 0 aliphatic carbocycles. The van der Waals surface area contributed by atoms with E-state index in [2.05, 4.69) is 31.4 Å². The Bertz CT molecular complexity index is 1590. The van der Waals surface area contributed by atoms with Crippen LogP contribution in [0.5, 0.6) is 11.5 Å². The molecule has 12 heteroatoms. The highest BCUT2D eigenvalue weighted by Crippen LogP contribution is 2.52. The SMILES string of the molecule is O=C1C(=O)N(c2ccccc2O)C2(S/C(=N\N=C/c3ccccc3O)NC2=O)/C1=C(\O)c1ccc(Br)cc1. The summed E-state index contributed by atoms with van der Waals surface area (Å²) < 4.78 is 0.711. The first kappa shape index (κ1) is 25.2. The van der Waals surface area contributed by atoms with Crippen LogP contribution in [0, 0.1) is 0 Å². The van der Waals surface area contributed by atoms with Gasteiger partial charge in [0.2, 0.25) is 4.87 Å². The Hall–Kier alpha value is -4.42. The van der Waals surface area contributed by atoms with Gasteiger partial charge in [0, 0.05) is 15.6 Å². The van der Waals surface area contributed by atoms with E-state index >= 15 is 0 Å². The first-order chi connectivity index (χ1) is 18.2. The summed E-state index contributed by atoms with van der Waals surface area (Å²) in [5, 5.41) is 42.0. The van der Waals surface area contributed by atoms with Gasteiger partial charge in [-0.25, -0.2) is 0 Å². The minimum absolute atomic E-state index is 0.0293. The molecule has 38 heavy (non-hydrogen) atoms. The van der Waals surface area contributed by atoms with Crippen LogP contribution in [-0.2, 0) is 14.4 Å². The topological polar surface area (TPSA) is 152 Å². The van der Waals surface area contributed by atoms with Gasteiger partial charge in [0.1, 0.15) is 17.3 Å². The van der Waals surface area contributed by atoms with Gasteiger partial charge in [-0.05, 0) is 48.2 Å². The number of thioether (sulfide) groups is 1. The highest BCUT2D eigenvalue weighted by Gasteiger charge is 2.66. The fourth-order valence-electron chi connectivity index (χ4n) is 4.06. The highest BCUT2D eigenvalue weighted by molar-refractivity contribution is 9.10. The van der Waals surface area contributed by atoms with Crippen LogP contribution in [0.1, 0.15) is 11.1 Å². The number of nitrogens with one attached hydrogen (secondary N) is 1. The summed E-state index contributed by atoms with van der Waals surface area (Å²) in [7, 11) is 0. The molecule has 2 fully saturated rings. The second kappa shape index (κ2) is 9.80. The van der Waals surface area contributed by atoms with Gasteiger partial charge < -0.3 is 20.6 Å². The van der Waals surface area contributed by atoms with Gasteiger partial charge in [0.05, 0.1) is 17.5 Å². The minimum Gasteiger partial charge on any atom is -0.507 e. The van der Waals surface area contributed by atoms with Crippen molar-refractivity contribution in [2.24, 2.45) is 10.2 Å². The number of benzene rings is 3. The van der Waals surface area contributed by atoms with Gasteiger partial charge in [0.25, 0.3) is 11.7 Å². The number of aliphatic hydroxyl groups is 1. The predicted octanol–water partition coefficient (Wildman–Crippen LogP) is 3.69. The monoisotopic (exact) mass is 592 g/mol. The van der Waals surface area contributed by atoms with Crippen molar-refractivity contribution in [3.05, 3.63) is 94.0 Å². The van der Waals surface area contributed by atoms with E-state index in [1.54, 1.807) is 30.3 Å². The maximum Gasteiger partial charge on any atom is 0.301 e. The average Bonchev–Trinajstić information content (AvgIpc) is 3.33. The number of Topliss-reactive ketones (excluding diaryl/α,β-unsaturated/α-hetero) is 1. The van der Waals surface area contributed by atoms with Crippen LogP contribution in [0.25, 0.3) is 5.76 Å². The van der Waals surface area contributed by atoms with E-state index in [1.165, 1.54) is 48.7 Å². The van der Waals surface area contributed by atoms with Crippen LogP contribution in [0.4, 0.5) is 5.69 Å². The number of hydrogen-bond donors (Lipinski definition) is 4. The normalized spacial score (nSPS) is 21.7.